The predicted octanol–water partition coefficient (Wildman–Crippen LogP) is 3.85. The molecule has 138 valence electrons. The van der Waals surface area contributed by atoms with E-state index in [9.17, 15) is 10.1 Å². The number of aryl methyl sites for hydroxylation is 1. The maximum atomic E-state index is 11.2. The molecule has 0 saturated carbocycles. The Kier molecular flexibility index (Phi) is 4.78. The minimum atomic E-state index is -0.411. The average Bonchev–Trinajstić information content (AvgIpc) is 3.15. The Morgan fingerprint density at radius 3 is 2.89 bits per heavy atom. The topological polar surface area (TPSA) is 103 Å². The van der Waals surface area contributed by atoms with Crippen molar-refractivity contribution >= 4 is 17.4 Å². The Morgan fingerprint density at radius 1 is 1.30 bits per heavy atom. The molecule has 1 aliphatic heterocycles. The Balaban J connectivity index is 1.54. The number of rotatable bonds is 5. The number of aromatic nitrogens is 3. The first-order chi connectivity index (χ1) is 13.1. The molecule has 0 aliphatic carbocycles. The van der Waals surface area contributed by atoms with E-state index in [2.05, 4.69) is 15.2 Å². The van der Waals surface area contributed by atoms with Crippen molar-refractivity contribution in [3.8, 4) is 17.1 Å². The highest BCUT2D eigenvalue weighted by atomic mass is 32.2. The van der Waals surface area contributed by atoms with Crippen LogP contribution in [0.4, 0.5) is 5.69 Å². The number of nitro groups is 1. The summed E-state index contributed by atoms with van der Waals surface area (Å²) in [5, 5.41) is 18.9. The smallest absolute Gasteiger partial charge is 0.270 e. The van der Waals surface area contributed by atoms with Gasteiger partial charge in [-0.15, -0.1) is 5.10 Å². The zero-order valence-electron chi connectivity index (χ0n) is 14.5. The first kappa shape index (κ1) is 17.5. The summed E-state index contributed by atoms with van der Waals surface area (Å²) in [5.41, 5.74) is 3.56. The summed E-state index contributed by atoms with van der Waals surface area (Å²) in [6.07, 6.45) is 0. The average molecular weight is 384 g/mol. The number of H-pyrrole nitrogens is 1. The quantitative estimate of drug-likeness (QED) is 0.405. The van der Waals surface area contributed by atoms with Crippen LogP contribution in [-0.2, 0) is 17.1 Å². The number of nitrogens with zero attached hydrogens (tertiary/aromatic N) is 3. The van der Waals surface area contributed by atoms with E-state index < -0.39 is 4.92 Å². The highest BCUT2D eigenvalue weighted by Crippen LogP contribution is 2.35. The molecule has 3 aromatic rings. The summed E-state index contributed by atoms with van der Waals surface area (Å²) in [7, 11) is 0. The molecule has 4 rings (SSSR count). The summed E-state index contributed by atoms with van der Waals surface area (Å²) in [5.74, 6) is 1.78. The van der Waals surface area contributed by atoms with Gasteiger partial charge >= 0.3 is 0 Å². The van der Waals surface area contributed by atoms with Gasteiger partial charge in [0.05, 0.1) is 11.5 Å². The molecule has 1 N–H and O–H groups in total. The second-order valence-corrected chi connectivity index (χ2v) is 7.02. The highest BCUT2D eigenvalue weighted by Gasteiger charge is 2.21. The second kappa shape index (κ2) is 7.37. The van der Waals surface area contributed by atoms with E-state index >= 15 is 0 Å². The van der Waals surface area contributed by atoms with Crippen LogP contribution < -0.4 is 4.74 Å². The molecule has 0 saturated heterocycles. The molecule has 9 heteroatoms. The lowest BCUT2D eigenvalue weighted by Gasteiger charge is -2.20. The Bertz CT molecular complexity index is 988. The molecule has 2 aromatic carbocycles. The molecule has 0 fully saturated rings. The monoisotopic (exact) mass is 384 g/mol. The van der Waals surface area contributed by atoms with Crippen molar-refractivity contribution in [3.63, 3.8) is 0 Å². The molecule has 0 radical (unpaired) electrons. The number of aromatic amines is 1. The van der Waals surface area contributed by atoms with Crippen LogP contribution in [0.3, 0.4) is 0 Å². The van der Waals surface area contributed by atoms with Crippen molar-refractivity contribution < 1.29 is 14.4 Å². The zero-order chi connectivity index (χ0) is 18.8. The van der Waals surface area contributed by atoms with Crippen LogP contribution in [-0.4, -0.2) is 26.9 Å². The van der Waals surface area contributed by atoms with Crippen LogP contribution in [0, 0.1) is 17.0 Å². The first-order valence-corrected chi connectivity index (χ1v) is 9.21. The molecule has 8 nitrogen and oxygen atoms in total. The fourth-order valence-corrected chi connectivity index (χ4v) is 3.55. The third-order valence-corrected chi connectivity index (χ3v) is 5.03. The van der Waals surface area contributed by atoms with Crippen molar-refractivity contribution in [3.05, 3.63) is 63.2 Å². The third kappa shape index (κ3) is 3.79. The van der Waals surface area contributed by atoms with Gasteiger partial charge in [0.2, 0.25) is 5.16 Å². The fraction of sp³-hybridized carbons (Fsp3) is 0.222. The summed E-state index contributed by atoms with van der Waals surface area (Å²) in [6, 6.07) is 11.0. The molecule has 0 spiro atoms. The lowest BCUT2D eigenvalue weighted by atomic mass is 10.1. The molecule has 27 heavy (non-hydrogen) atoms. The SMILES string of the molecule is Cc1ccc(-c2nc(SCc3cc([N+](=O)[O-])cc4c3OCOC4)n[nH]2)cc1. The lowest BCUT2D eigenvalue weighted by Crippen LogP contribution is -2.13. The van der Waals surface area contributed by atoms with Gasteiger partial charge in [0.1, 0.15) is 5.75 Å². The van der Waals surface area contributed by atoms with Crippen LogP contribution in [0.5, 0.6) is 5.75 Å². The Hall–Kier alpha value is -2.91. The standard InChI is InChI=1S/C18H16N4O4S/c1-11-2-4-12(5-3-11)17-19-18(21-20-17)27-9-14-7-15(22(23)24)6-13-8-25-10-26-16(13)14/h2-7H,8-10H2,1H3,(H,19,20,21). The van der Waals surface area contributed by atoms with Crippen molar-refractivity contribution in [2.45, 2.75) is 24.4 Å². The highest BCUT2D eigenvalue weighted by molar-refractivity contribution is 7.98. The van der Waals surface area contributed by atoms with Crippen LogP contribution >= 0.6 is 11.8 Å². The van der Waals surface area contributed by atoms with Gasteiger partial charge in [0.25, 0.3) is 5.69 Å². The van der Waals surface area contributed by atoms with Crippen LogP contribution in [0.15, 0.2) is 41.6 Å². The van der Waals surface area contributed by atoms with Crippen LogP contribution in [0.2, 0.25) is 0 Å². The number of non-ortho nitro benzene ring substituents is 1. The number of hydrogen-bond donors (Lipinski definition) is 1. The van der Waals surface area contributed by atoms with Crippen LogP contribution in [0.1, 0.15) is 16.7 Å². The lowest BCUT2D eigenvalue weighted by molar-refractivity contribution is -0.385. The van der Waals surface area contributed by atoms with Gasteiger partial charge in [-0.25, -0.2) is 4.98 Å². The van der Waals surface area contributed by atoms with E-state index in [4.69, 9.17) is 9.47 Å². The van der Waals surface area contributed by atoms with Gasteiger partial charge in [0.15, 0.2) is 12.6 Å². The van der Waals surface area contributed by atoms with E-state index in [0.29, 0.717) is 34.7 Å². The molecule has 1 aromatic heterocycles. The van der Waals surface area contributed by atoms with E-state index in [1.54, 1.807) is 0 Å². The zero-order valence-corrected chi connectivity index (χ0v) is 15.3. The molecular formula is C18H16N4O4S. The Labute approximate surface area is 159 Å². The van der Waals surface area contributed by atoms with Gasteiger partial charge in [-0.1, -0.05) is 41.6 Å². The van der Waals surface area contributed by atoms with Crippen molar-refractivity contribution in [2.24, 2.45) is 0 Å². The second-order valence-electron chi connectivity index (χ2n) is 6.08. The molecule has 1 aliphatic rings. The van der Waals surface area contributed by atoms with Crippen LogP contribution in [0.25, 0.3) is 11.4 Å². The molecule has 0 bridgehead atoms. The van der Waals surface area contributed by atoms with E-state index in [1.165, 1.54) is 29.5 Å². The maximum absolute atomic E-state index is 11.2. The predicted molar refractivity (Wildman–Crippen MR) is 99.5 cm³/mol. The Morgan fingerprint density at radius 2 is 2.11 bits per heavy atom. The van der Waals surface area contributed by atoms with Crippen molar-refractivity contribution in [2.75, 3.05) is 6.79 Å². The van der Waals surface area contributed by atoms with Crippen molar-refractivity contribution in [1.82, 2.24) is 15.2 Å². The molecule has 0 unspecified atom stereocenters. The third-order valence-electron chi connectivity index (χ3n) is 4.13. The number of ether oxygens (including phenoxy) is 2. The number of hydrogen-bond acceptors (Lipinski definition) is 7. The first-order valence-electron chi connectivity index (χ1n) is 8.23. The molecule has 0 amide bonds. The summed E-state index contributed by atoms with van der Waals surface area (Å²) in [4.78, 5) is 15.3. The van der Waals surface area contributed by atoms with E-state index in [-0.39, 0.29) is 12.5 Å². The van der Waals surface area contributed by atoms with E-state index in [1.807, 2.05) is 31.2 Å². The van der Waals surface area contributed by atoms with Gasteiger partial charge in [0, 0.05) is 34.6 Å². The number of fused-ring (bicyclic) bond motifs is 1. The number of nitrogens with one attached hydrogen (secondary N) is 1. The number of benzene rings is 2. The summed E-state index contributed by atoms with van der Waals surface area (Å²) in [6.45, 7) is 2.46. The molecule has 0 atom stereocenters. The molecule has 2 heterocycles. The minimum Gasteiger partial charge on any atom is -0.467 e. The maximum Gasteiger partial charge on any atom is 0.270 e. The fourth-order valence-electron chi connectivity index (χ4n) is 2.79. The van der Waals surface area contributed by atoms with Gasteiger partial charge < -0.3 is 9.47 Å². The van der Waals surface area contributed by atoms with Gasteiger partial charge in [-0.05, 0) is 6.92 Å². The number of thioether (sulfide) groups is 1. The summed E-state index contributed by atoms with van der Waals surface area (Å²) >= 11 is 1.39. The molecular weight excluding hydrogens is 368 g/mol. The minimum absolute atomic E-state index is 0.0220. The normalized spacial score (nSPS) is 13.1. The van der Waals surface area contributed by atoms with Crippen molar-refractivity contribution in [1.29, 1.82) is 0 Å². The van der Waals surface area contributed by atoms with Gasteiger partial charge in [-0.2, -0.15) is 0 Å². The summed E-state index contributed by atoms with van der Waals surface area (Å²) < 4.78 is 10.8. The van der Waals surface area contributed by atoms with Gasteiger partial charge in [-0.3, -0.25) is 15.2 Å². The van der Waals surface area contributed by atoms with E-state index in [0.717, 1.165) is 11.1 Å². The number of nitro benzene ring substituents is 1. The largest absolute Gasteiger partial charge is 0.467 e.